The molecule has 0 unspecified atom stereocenters. The number of rotatable bonds is 2. The fraction of sp³-hybridized carbons (Fsp3) is 0.185. The summed E-state index contributed by atoms with van der Waals surface area (Å²) in [5.74, 6) is 0.949. The van der Waals surface area contributed by atoms with Crippen LogP contribution in [0.1, 0.15) is 29.5 Å². The van der Waals surface area contributed by atoms with Crippen molar-refractivity contribution in [2.45, 2.75) is 19.0 Å². The van der Waals surface area contributed by atoms with Crippen LogP contribution < -0.4 is 0 Å². The molecule has 2 aliphatic heterocycles. The van der Waals surface area contributed by atoms with E-state index in [0.717, 1.165) is 64.7 Å². The van der Waals surface area contributed by atoms with Gasteiger partial charge in [-0.1, -0.05) is 60.7 Å². The third-order valence-electron chi connectivity index (χ3n) is 5.98. The normalized spacial score (nSPS) is 16.3. The Morgan fingerprint density at radius 2 is 1.39 bits per heavy atom. The predicted molar refractivity (Wildman–Crippen MR) is 126 cm³/mol. The minimum Gasteiger partial charge on any atom is -0.356 e. The minimum absolute atomic E-state index is 0.613. The van der Waals surface area contributed by atoms with Crippen molar-refractivity contribution in [3.05, 3.63) is 102 Å². The zero-order chi connectivity index (χ0) is 22.8. The molecule has 3 nitrogen and oxygen atoms in total. The molecule has 0 radical (unpaired) electrons. The zero-order valence-electron chi connectivity index (χ0n) is 17.9. The first kappa shape index (κ1) is 21.2. The first-order chi connectivity index (χ1) is 16.0. The van der Waals surface area contributed by atoms with Crippen LogP contribution >= 0.6 is 0 Å². The molecule has 166 valence electrons. The SMILES string of the molecule is FC(F)(F)c1ccc(C2=CCN(C3=Nc4ccccc4N=C(c4ccccc4)C3)CC2)cc1. The first-order valence-corrected chi connectivity index (χ1v) is 10.9. The van der Waals surface area contributed by atoms with E-state index in [9.17, 15) is 13.2 Å². The number of hydrogen-bond donors (Lipinski definition) is 0. The van der Waals surface area contributed by atoms with Crippen LogP contribution in [0.15, 0.2) is 94.9 Å². The Kier molecular flexibility index (Phi) is 5.58. The molecule has 0 atom stereocenters. The first-order valence-electron chi connectivity index (χ1n) is 10.9. The predicted octanol–water partition coefficient (Wildman–Crippen LogP) is 7.05. The highest BCUT2D eigenvalue weighted by Gasteiger charge is 2.30. The maximum atomic E-state index is 12.9. The number of para-hydroxylation sites is 2. The number of amidine groups is 1. The number of alkyl halides is 3. The fourth-order valence-corrected chi connectivity index (χ4v) is 4.19. The highest BCUT2D eigenvalue weighted by Crippen LogP contribution is 2.34. The van der Waals surface area contributed by atoms with Gasteiger partial charge in [-0.3, -0.25) is 4.99 Å². The van der Waals surface area contributed by atoms with Crippen molar-refractivity contribution in [1.29, 1.82) is 0 Å². The molecule has 6 heteroatoms. The maximum Gasteiger partial charge on any atom is 0.416 e. The molecule has 5 rings (SSSR count). The Morgan fingerprint density at radius 1 is 0.727 bits per heavy atom. The Morgan fingerprint density at radius 3 is 2.03 bits per heavy atom. The molecule has 2 heterocycles. The lowest BCUT2D eigenvalue weighted by atomic mass is 9.97. The van der Waals surface area contributed by atoms with Crippen molar-refractivity contribution >= 4 is 28.5 Å². The summed E-state index contributed by atoms with van der Waals surface area (Å²) in [7, 11) is 0. The van der Waals surface area contributed by atoms with Crippen LogP contribution in [0.25, 0.3) is 5.57 Å². The fourth-order valence-electron chi connectivity index (χ4n) is 4.19. The van der Waals surface area contributed by atoms with Crippen molar-refractivity contribution in [3.63, 3.8) is 0 Å². The topological polar surface area (TPSA) is 28.0 Å². The van der Waals surface area contributed by atoms with Gasteiger partial charge in [-0.25, -0.2) is 4.99 Å². The number of hydrogen-bond acceptors (Lipinski definition) is 3. The molecule has 3 aromatic rings. The molecule has 0 amide bonds. The van der Waals surface area contributed by atoms with Gasteiger partial charge in [-0.05, 0) is 47.4 Å². The van der Waals surface area contributed by atoms with Crippen LogP contribution in [-0.2, 0) is 6.18 Å². The van der Waals surface area contributed by atoms with E-state index in [4.69, 9.17) is 9.98 Å². The summed E-state index contributed by atoms with van der Waals surface area (Å²) in [6.07, 6.45) is -0.876. The standard InChI is InChI=1S/C27H22F3N3/c28-27(29,30)22-12-10-19(11-13-22)20-14-16-33(17-15-20)26-18-25(21-6-2-1-3-7-21)31-23-8-4-5-9-24(23)32-26/h1-14H,15-18H2. The van der Waals surface area contributed by atoms with Gasteiger partial charge in [0.2, 0.25) is 0 Å². The van der Waals surface area contributed by atoms with E-state index in [-0.39, 0.29) is 0 Å². The van der Waals surface area contributed by atoms with Crippen molar-refractivity contribution in [2.24, 2.45) is 9.98 Å². The van der Waals surface area contributed by atoms with E-state index in [1.165, 1.54) is 0 Å². The quantitative estimate of drug-likeness (QED) is 0.415. The molecular weight excluding hydrogens is 423 g/mol. The van der Waals surface area contributed by atoms with Crippen LogP contribution in [0.4, 0.5) is 24.5 Å². The van der Waals surface area contributed by atoms with Crippen molar-refractivity contribution in [3.8, 4) is 0 Å². The van der Waals surface area contributed by atoms with Gasteiger partial charge in [0.05, 0.1) is 22.6 Å². The summed E-state index contributed by atoms with van der Waals surface area (Å²) in [6.45, 7) is 1.40. The van der Waals surface area contributed by atoms with Crippen LogP contribution in [0.3, 0.4) is 0 Å². The number of nitrogens with zero attached hydrogens (tertiary/aromatic N) is 3. The van der Waals surface area contributed by atoms with E-state index in [1.807, 2.05) is 42.5 Å². The van der Waals surface area contributed by atoms with Gasteiger partial charge in [0.15, 0.2) is 0 Å². The molecule has 0 aromatic heterocycles. The molecule has 0 saturated carbocycles. The molecule has 0 aliphatic carbocycles. The number of benzene rings is 3. The highest BCUT2D eigenvalue weighted by molar-refractivity contribution is 6.14. The van der Waals surface area contributed by atoms with Gasteiger partial charge in [-0.2, -0.15) is 13.2 Å². The summed E-state index contributed by atoms with van der Waals surface area (Å²) in [6, 6.07) is 23.4. The maximum absolute atomic E-state index is 12.9. The summed E-state index contributed by atoms with van der Waals surface area (Å²) < 4.78 is 38.6. The van der Waals surface area contributed by atoms with Crippen LogP contribution in [0.2, 0.25) is 0 Å². The van der Waals surface area contributed by atoms with Crippen LogP contribution in [-0.4, -0.2) is 29.5 Å². The molecule has 0 fully saturated rings. The smallest absolute Gasteiger partial charge is 0.356 e. The van der Waals surface area contributed by atoms with Crippen molar-refractivity contribution in [2.75, 3.05) is 13.1 Å². The van der Waals surface area contributed by atoms with Gasteiger partial charge < -0.3 is 4.90 Å². The third-order valence-corrected chi connectivity index (χ3v) is 5.98. The van der Waals surface area contributed by atoms with E-state index >= 15 is 0 Å². The monoisotopic (exact) mass is 445 g/mol. The molecule has 0 N–H and O–H groups in total. The Hall–Kier alpha value is -3.67. The van der Waals surface area contributed by atoms with Crippen molar-refractivity contribution in [1.82, 2.24) is 4.90 Å². The summed E-state index contributed by atoms with van der Waals surface area (Å²) in [5, 5.41) is 0. The highest BCUT2D eigenvalue weighted by atomic mass is 19.4. The molecule has 0 spiro atoms. The van der Waals surface area contributed by atoms with Gasteiger partial charge in [0.1, 0.15) is 5.84 Å². The Labute approximate surface area is 190 Å². The van der Waals surface area contributed by atoms with Gasteiger partial charge in [0.25, 0.3) is 0 Å². The summed E-state index contributed by atoms with van der Waals surface area (Å²) >= 11 is 0. The number of halogens is 3. The molecule has 33 heavy (non-hydrogen) atoms. The number of fused-ring (bicyclic) bond motifs is 1. The molecule has 2 aliphatic rings. The lowest BCUT2D eigenvalue weighted by Gasteiger charge is -2.29. The van der Waals surface area contributed by atoms with Gasteiger partial charge >= 0.3 is 6.18 Å². The second-order valence-electron chi connectivity index (χ2n) is 8.12. The second kappa shape index (κ2) is 8.70. The van der Waals surface area contributed by atoms with Gasteiger partial charge in [-0.15, -0.1) is 0 Å². The minimum atomic E-state index is -4.32. The molecule has 0 bridgehead atoms. The van der Waals surface area contributed by atoms with E-state index in [2.05, 4.69) is 23.1 Å². The second-order valence-corrected chi connectivity index (χ2v) is 8.12. The largest absolute Gasteiger partial charge is 0.416 e. The Bertz CT molecular complexity index is 1240. The number of aliphatic imine (C=N–C) groups is 2. The average molecular weight is 445 g/mol. The third kappa shape index (κ3) is 4.60. The summed E-state index contributed by atoms with van der Waals surface area (Å²) in [5.41, 5.74) is 5.01. The summed E-state index contributed by atoms with van der Waals surface area (Å²) in [4.78, 5) is 12.1. The Balaban J connectivity index is 1.40. The van der Waals surface area contributed by atoms with E-state index in [1.54, 1.807) is 12.1 Å². The lowest BCUT2D eigenvalue weighted by molar-refractivity contribution is -0.137. The van der Waals surface area contributed by atoms with Crippen LogP contribution in [0, 0.1) is 0 Å². The molecule has 3 aromatic carbocycles. The van der Waals surface area contributed by atoms with E-state index < -0.39 is 11.7 Å². The van der Waals surface area contributed by atoms with Crippen LogP contribution in [0.5, 0.6) is 0 Å². The molecular formula is C27H22F3N3. The average Bonchev–Trinajstić information content (AvgIpc) is 3.04. The van der Waals surface area contributed by atoms with Crippen molar-refractivity contribution < 1.29 is 13.2 Å². The lowest BCUT2D eigenvalue weighted by Crippen LogP contribution is -2.35. The van der Waals surface area contributed by atoms with E-state index in [0.29, 0.717) is 13.0 Å². The van der Waals surface area contributed by atoms with Gasteiger partial charge in [0, 0.05) is 19.5 Å². The molecule has 0 saturated heterocycles. The zero-order valence-corrected chi connectivity index (χ0v) is 17.9.